The molecule has 5 rings (SSSR count). The molecule has 0 aliphatic carbocycles. The average molecular weight is 406 g/mol. The van der Waals surface area contributed by atoms with Crippen molar-refractivity contribution in [3.8, 4) is 11.1 Å². The fourth-order valence-corrected chi connectivity index (χ4v) is 4.66. The molecule has 2 aliphatic rings. The summed E-state index contributed by atoms with van der Waals surface area (Å²) in [6, 6.07) is 7.69. The number of likely N-dealkylation sites (tertiary alicyclic amines) is 1. The van der Waals surface area contributed by atoms with Gasteiger partial charge >= 0.3 is 5.97 Å². The van der Waals surface area contributed by atoms with E-state index in [1.807, 2.05) is 16.7 Å². The SMILES string of the molecule is COC(=O)c1coc(CN2C[C@@H]3C[C@H](C2)c2cc(-c4cccnc4)cc(=O)n2C3)n1. The lowest BCUT2D eigenvalue weighted by molar-refractivity contribution is 0.0593. The summed E-state index contributed by atoms with van der Waals surface area (Å²) in [6.45, 7) is 2.91. The van der Waals surface area contributed by atoms with Crippen LogP contribution in [0.5, 0.6) is 0 Å². The molecule has 0 amide bonds. The van der Waals surface area contributed by atoms with Crippen molar-refractivity contribution in [1.82, 2.24) is 19.4 Å². The summed E-state index contributed by atoms with van der Waals surface area (Å²) >= 11 is 0. The number of oxazole rings is 1. The van der Waals surface area contributed by atoms with Gasteiger partial charge in [0, 0.05) is 55.3 Å². The Morgan fingerprint density at radius 2 is 2.17 bits per heavy atom. The van der Waals surface area contributed by atoms with Gasteiger partial charge in [0.1, 0.15) is 6.26 Å². The smallest absolute Gasteiger partial charge is 0.360 e. The molecule has 2 bridgehead atoms. The Labute approximate surface area is 173 Å². The van der Waals surface area contributed by atoms with Gasteiger partial charge < -0.3 is 13.7 Å². The number of hydrogen-bond donors (Lipinski definition) is 0. The summed E-state index contributed by atoms with van der Waals surface area (Å²) in [5.41, 5.74) is 3.16. The van der Waals surface area contributed by atoms with Crippen LogP contribution in [0.2, 0.25) is 0 Å². The maximum atomic E-state index is 12.8. The Kier molecular flexibility index (Phi) is 4.71. The molecule has 2 atom stereocenters. The molecule has 3 aromatic rings. The second-order valence-electron chi connectivity index (χ2n) is 7.97. The minimum absolute atomic E-state index is 0.0462. The van der Waals surface area contributed by atoms with E-state index in [1.54, 1.807) is 18.5 Å². The maximum Gasteiger partial charge on any atom is 0.360 e. The van der Waals surface area contributed by atoms with Gasteiger partial charge in [-0.1, -0.05) is 6.07 Å². The second kappa shape index (κ2) is 7.53. The molecule has 0 aromatic carbocycles. The normalized spacial score (nSPS) is 20.6. The van der Waals surface area contributed by atoms with E-state index in [2.05, 4.69) is 25.7 Å². The number of carbonyl (C=O) groups excluding carboxylic acids is 1. The van der Waals surface area contributed by atoms with Crippen molar-refractivity contribution in [1.29, 1.82) is 0 Å². The Bertz CT molecular complexity index is 1140. The van der Waals surface area contributed by atoms with Gasteiger partial charge in [-0.2, -0.15) is 0 Å². The van der Waals surface area contributed by atoms with E-state index < -0.39 is 5.97 Å². The third-order valence-electron chi connectivity index (χ3n) is 5.93. The predicted octanol–water partition coefficient (Wildman–Crippen LogP) is 2.30. The molecular weight excluding hydrogens is 384 g/mol. The Morgan fingerprint density at radius 1 is 1.27 bits per heavy atom. The molecule has 0 radical (unpaired) electrons. The lowest BCUT2D eigenvalue weighted by Gasteiger charge is -2.42. The van der Waals surface area contributed by atoms with Gasteiger partial charge in [0.05, 0.1) is 13.7 Å². The first-order valence-corrected chi connectivity index (χ1v) is 10.0. The van der Waals surface area contributed by atoms with Crippen molar-refractivity contribution in [2.24, 2.45) is 5.92 Å². The van der Waals surface area contributed by atoms with Crippen molar-refractivity contribution < 1.29 is 13.9 Å². The number of rotatable bonds is 4. The third-order valence-corrected chi connectivity index (χ3v) is 5.93. The first kappa shape index (κ1) is 18.7. The standard InChI is InChI=1S/C22H22N4O4/c1-29-22(28)18-13-30-20(24-18)12-25-9-14-5-17(11-25)19-6-16(7-21(27)26(19)10-14)15-3-2-4-23-8-15/h2-4,6-8,13-14,17H,5,9-12H2,1H3/t14-,17+/m0/s1. The van der Waals surface area contributed by atoms with Gasteiger partial charge in [-0.05, 0) is 30.0 Å². The number of nitrogens with zero attached hydrogens (tertiary/aromatic N) is 4. The van der Waals surface area contributed by atoms with Gasteiger partial charge in [0.25, 0.3) is 5.56 Å². The number of piperidine rings is 1. The van der Waals surface area contributed by atoms with Crippen LogP contribution < -0.4 is 5.56 Å². The lowest BCUT2D eigenvalue weighted by atomic mass is 9.82. The minimum Gasteiger partial charge on any atom is -0.464 e. The molecule has 8 nitrogen and oxygen atoms in total. The number of ether oxygens (including phenoxy) is 1. The molecule has 154 valence electrons. The third kappa shape index (κ3) is 3.43. The van der Waals surface area contributed by atoms with E-state index in [9.17, 15) is 9.59 Å². The summed E-state index contributed by atoms with van der Waals surface area (Å²) in [7, 11) is 1.32. The van der Waals surface area contributed by atoms with Crippen LogP contribution in [0.25, 0.3) is 11.1 Å². The van der Waals surface area contributed by atoms with Crippen LogP contribution in [0.15, 0.2) is 52.1 Å². The number of esters is 1. The quantitative estimate of drug-likeness (QED) is 0.614. The monoisotopic (exact) mass is 406 g/mol. The van der Waals surface area contributed by atoms with Crippen LogP contribution in [0.1, 0.15) is 34.4 Å². The molecule has 30 heavy (non-hydrogen) atoms. The van der Waals surface area contributed by atoms with Gasteiger partial charge in [-0.25, -0.2) is 9.78 Å². The molecule has 0 unspecified atom stereocenters. The minimum atomic E-state index is -0.503. The largest absolute Gasteiger partial charge is 0.464 e. The van der Waals surface area contributed by atoms with Gasteiger partial charge in [0.2, 0.25) is 5.89 Å². The fourth-order valence-electron chi connectivity index (χ4n) is 4.66. The molecule has 0 saturated carbocycles. The Hall–Kier alpha value is -3.26. The number of methoxy groups -OCH3 is 1. The maximum absolute atomic E-state index is 12.8. The number of pyridine rings is 2. The molecular formula is C22H22N4O4. The van der Waals surface area contributed by atoms with E-state index in [0.29, 0.717) is 24.9 Å². The van der Waals surface area contributed by atoms with Crippen molar-refractivity contribution in [3.63, 3.8) is 0 Å². The van der Waals surface area contributed by atoms with Crippen molar-refractivity contribution >= 4 is 5.97 Å². The highest BCUT2D eigenvalue weighted by atomic mass is 16.5. The van der Waals surface area contributed by atoms with Gasteiger partial charge in [-0.3, -0.25) is 14.7 Å². The van der Waals surface area contributed by atoms with Crippen LogP contribution in [-0.2, 0) is 17.8 Å². The zero-order valence-corrected chi connectivity index (χ0v) is 16.7. The number of carbonyl (C=O) groups is 1. The zero-order valence-electron chi connectivity index (χ0n) is 16.7. The molecule has 5 heterocycles. The highest BCUT2D eigenvalue weighted by molar-refractivity contribution is 5.86. The highest BCUT2D eigenvalue weighted by Gasteiger charge is 2.35. The first-order chi connectivity index (χ1) is 14.6. The molecule has 0 spiro atoms. The van der Waals surface area contributed by atoms with E-state index in [1.165, 1.54) is 13.4 Å². The zero-order chi connectivity index (χ0) is 20.7. The molecule has 0 N–H and O–H groups in total. The van der Waals surface area contributed by atoms with Crippen LogP contribution in [-0.4, -0.2) is 45.6 Å². The average Bonchev–Trinajstić information content (AvgIpc) is 3.23. The van der Waals surface area contributed by atoms with E-state index >= 15 is 0 Å². The number of fused-ring (bicyclic) bond motifs is 4. The lowest BCUT2D eigenvalue weighted by Crippen LogP contribution is -2.46. The number of aromatic nitrogens is 3. The van der Waals surface area contributed by atoms with Crippen LogP contribution in [0, 0.1) is 5.92 Å². The number of hydrogen-bond acceptors (Lipinski definition) is 7. The van der Waals surface area contributed by atoms with Crippen molar-refractivity contribution in [3.05, 3.63) is 70.6 Å². The summed E-state index contributed by atoms with van der Waals surface area (Å²) in [5.74, 6) is 0.652. The summed E-state index contributed by atoms with van der Waals surface area (Å²) < 4.78 is 12.1. The van der Waals surface area contributed by atoms with Crippen molar-refractivity contribution in [2.75, 3.05) is 20.2 Å². The van der Waals surface area contributed by atoms with Gasteiger partial charge in [-0.15, -0.1) is 0 Å². The fraction of sp³-hybridized carbons (Fsp3) is 0.364. The first-order valence-electron chi connectivity index (χ1n) is 10.0. The topological polar surface area (TPSA) is 90.5 Å². The summed E-state index contributed by atoms with van der Waals surface area (Å²) in [6.07, 6.45) is 5.91. The van der Waals surface area contributed by atoms with E-state index in [4.69, 9.17) is 4.42 Å². The van der Waals surface area contributed by atoms with Crippen LogP contribution in [0.4, 0.5) is 0 Å². The summed E-state index contributed by atoms with van der Waals surface area (Å²) in [4.78, 5) is 35.1. The molecule has 1 saturated heterocycles. The van der Waals surface area contributed by atoms with Crippen LogP contribution in [0.3, 0.4) is 0 Å². The molecule has 2 aliphatic heterocycles. The Morgan fingerprint density at radius 3 is 2.97 bits per heavy atom. The van der Waals surface area contributed by atoms with Crippen molar-refractivity contribution in [2.45, 2.75) is 25.4 Å². The molecule has 8 heteroatoms. The molecule has 1 fully saturated rings. The van der Waals surface area contributed by atoms with E-state index in [0.717, 1.165) is 36.3 Å². The second-order valence-corrected chi connectivity index (χ2v) is 7.97. The predicted molar refractivity (Wildman–Crippen MR) is 108 cm³/mol. The highest BCUT2D eigenvalue weighted by Crippen LogP contribution is 2.36. The molecule has 3 aromatic heterocycles. The Balaban J connectivity index is 1.40. The van der Waals surface area contributed by atoms with Crippen LogP contribution >= 0.6 is 0 Å². The van der Waals surface area contributed by atoms with Gasteiger partial charge in [0.15, 0.2) is 5.69 Å². The summed E-state index contributed by atoms with van der Waals surface area (Å²) in [5, 5.41) is 0. The van der Waals surface area contributed by atoms with E-state index in [-0.39, 0.29) is 17.2 Å².